The van der Waals surface area contributed by atoms with Crippen LogP contribution in [0, 0.1) is 28.6 Å². The van der Waals surface area contributed by atoms with Gasteiger partial charge in [0, 0.05) is 6.42 Å². The van der Waals surface area contributed by atoms with Crippen LogP contribution in [0.5, 0.6) is 0 Å². The Morgan fingerprint density at radius 1 is 0.886 bits per heavy atom. The first-order valence-electron chi connectivity index (χ1n) is 14.0. The van der Waals surface area contributed by atoms with Gasteiger partial charge < -0.3 is 20.1 Å². The van der Waals surface area contributed by atoms with Gasteiger partial charge in [-0.15, -0.1) is 0 Å². The highest BCUT2D eigenvalue weighted by molar-refractivity contribution is 5.96. The Balaban J connectivity index is 1.65. The van der Waals surface area contributed by atoms with Crippen LogP contribution < -0.4 is 0 Å². The number of allylic oxidation sites excluding steroid dienone is 2. The highest BCUT2D eigenvalue weighted by Crippen LogP contribution is 2.59. The fourth-order valence-electron chi connectivity index (χ4n) is 8.79. The molecule has 3 N–H and O–H groups in total. The molecule has 0 radical (unpaired) electrons. The molecule has 0 aromatic rings. The molecule has 1 heterocycles. The molecule has 35 heavy (non-hydrogen) atoms. The van der Waals surface area contributed by atoms with Gasteiger partial charge in [0.1, 0.15) is 0 Å². The molecule has 2 saturated carbocycles. The summed E-state index contributed by atoms with van der Waals surface area (Å²) in [6.07, 6.45) is 6.10. The summed E-state index contributed by atoms with van der Waals surface area (Å²) in [6, 6.07) is 0. The van der Waals surface area contributed by atoms with E-state index < -0.39 is 22.9 Å². The van der Waals surface area contributed by atoms with Gasteiger partial charge in [0.25, 0.3) is 0 Å². The minimum atomic E-state index is -0.818. The number of ketones is 1. The van der Waals surface area contributed by atoms with Crippen molar-refractivity contribution in [1.29, 1.82) is 0 Å². The zero-order valence-electron chi connectivity index (χ0n) is 23.4. The molecule has 5 nitrogen and oxygen atoms in total. The normalized spacial score (nSPS) is 47.6. The SMILES string of the molecule is CC1=C(CCC2C(C)(O)CCC3OC(C)(C)C(O)CCC32C)C(C)(C)C2CCC(C)(O)C2CC1=O. The van der Waals surface area contributed by atoms with E-state index in [1.165, 1.54) is 5.57 Å². The molecular formula is C30H50O5. The summed E-state index contributed by atoms with van der Waals surface area (Å²) in [4.78, 5) is 13.3. The van der Waals surface area contributed by atoms with E-state index in [1.807, 2.05) is 34.6 Å². The van der Waals surface area contributed by atoms with Crippen molar-refractivity contribution in [2.45, 2.75) is 142 Å². The number of Topliss-reactive ketones (excluding diaryl/α,β-unsaturated/α-hetero) is 1. The molecule has 8 unspecified atom stereocenters. The highest BCUT2D eigenvalue weighted by Gasteiger charge is 2.57. The smallest absolute Gasteiger partial charge is 0.158 e. The van der Waals surface area contributed by atoms with Gasteiger partial charge in [0.15, 0.2) is 5.78 Å². The van der Waals surface area contributed by atoms with E-state index in [0.717, 1.165) is 44.1 Å². The van der Waals surface area contributed by atoms with Crippen molar-refractivity contribution in [2.24, 2.45) is 28.6 Å². The molecule has 0 spiro atoms. The molecular weight excluding hydrogens is 440 g/mol. The van der Waals surface area contributed by atoms with E-state index in [2.05, 4.69) is 20.8 Å². The molecule has 0 aromatic heterocycles. The van der Waals surface area contributed by atoms with E-state index in [1.54, 1.807) is 0 Å². The van der Waals surface area contributed by atoms with Gasteiger partial charge in [-0.05, 0) is 120 Å². The molecule has 4 rings (SSSR count). The summed E-state index contributed by atoms with van der Waals surface area (Å²) in [7, 11) is 0. The van der Waals surface area contributed by atoms with Crippen LogP contribution in [0.1, 0.15) is 113 Å². The number of fused-ring (bicyclic) bond motifs is 2. The molecule has 0 aromatic carbocycles. The third kappa shape index (κ3) is 4.47. The Morgan fingerprint density at radius 2 is 1.51 bits per heavy atom. The molecule has 0 bridgehead atoms. The summed E-state index contributed by atoms with van der Waals surface area (Å²) in [5.74, 6) is 0.453. The predicted molar refractivity (Wildman–Crippen MR) is 138 cm³/mol. The maximum atomic E-state index is 13.3. The molecule has 3 fully saturated rings. The van der Waals surface area contributed by atoms with E-state index in [4.69, 9.17) is 4.74 Å². The zero-order chi connectivity index (χ0) is 26.2. The maximum Gasteiger partial charge on any atom is 0.158 e. The van der Waals surface area contributed by atoms with E-state index in [9.17, 15) is 20.1 Å². The minimum Gasteiger partial charge on any atom is -0.390 e. The lowest BCUT2D eigenvalue weighted by atomic mass is 9.55. The predicted octanol–water partition coefficient (Wildman–Crippen LogP) is 5.35. The first-order valence-corrected chi connectivity index (χ1v) is 14.0. The number of carbonyl (C=O) groups excluding carboxylic acids is 1. The van der Waals surface area contributed by atoms with Crippen molar-refractivity contribution < 1.29 is 24.9 Å². The van der Waals surface area contributed by atoms with Crippen LogP contribution in [0.15, 0.2) is 11.1 Å². The Bertz CT molecular complexity index is 881. The Hall–Kier alpha value is -0.750. The molecule has 8 atom stereocenters. The summed E-state index contributed by atoms with van der Waals surface area (Å²) < 4.78 is 6.56. The van der Waals surface area contributed by atoms with Crippen molar-refractivity contribution in [3.8, 4) is 0 Å². The summed E-state index contributed by atoms with van der Waals surface area (Å²) in [5.41, 5.74) is -0.550. The number of aliphatic hydroxyl groups is 3. The number of aliphatic hydroxyl groups excluding tert-OH is 1. The summed E-state index contributed by atoms with van der Waals surface area (Å²) in [5, 5.41) is 33.5. The minimum absolute atomic E-state index is 0.00360. The Labute approximate surface area is 212 Å². The van der Waals surface area contributed by atoms with Gasteiger partial charge in [0.05, 0.1) is 29.0 Å². The molecule has 4 aliphatic rings. The third-order valence-corrected chi connectivity index (χ3v) is 11.3. The van der Waals surface area contributed by atoms with Crippen LogP contribution >= 0.6 is 0 Å². The largest absolute Gasteiger partial charge is 0.390 e. The molecule has 0 amide bonds. The number of carbonyl (C=O) groups is 1. The van der Waals surface area contributed by atoms with E-state index >= 15 is 0 Å². The number of rotatable bonds is 3. The zero-order valence-corrected chi connectivity index (χ0v) is 23.4. The first kappa shape index (κ1) is 27.3. The van der Waals surface area contributed by atoms with Gasteiger partial charge in [-0.1, -0.05) is 26.3 Å². The fourth-order valence-corrected chi connectivity index (χ4v) is 8.79. The third-order valence-electron chi connectivity index (χ3n) is 11.3. The Morgan fingerprint density at radius 3 is 2.17 bits per heavy atom. The van der Waals surface area contributed by atoms with E-state index in [-0.39, 0.29) is 40.5 Å². The van der Waals surface area contributed by atoms with Crippen LogP contribution in [0.2, 0.25) is 0 Å². The van der Waals surface area contributed by atoms with Crippen molar-refractivity contribution in [2.75, 3.05) is 0 Å². The van der Waals surface area contributed by atoms with Crippen molar-refractivity contribution in [3.05, 3.63) is 11.1 Å². The lowest BCUT2D eigenvalue weighted by Gasteiger charge is -2.54. The van der Waals surface area contributed by atoms with Gasteiger partial charge in [-0.25, -0.2) is 0 Å². The topological polar surface area (TPSA) is 87.0 Å². The van der Waals surface area contributed by atoms with Crippen LogP contribution in [-0.2, 0) is 9.53 Å². The lowest BCUT2D eigenvalue weighted by molar-refractivity contribution is -0.205. The van der Waals surface area contributed by atoms with Crippen molar-refractivity contribution in [1.82, 2.24) is 0 Å². The Kier molecular flexibility index (Phi) is 6.74. The fraction of sp³-hybridized carbons (Fsp3) is 0.900. The van der Waals surface area contributed by atoms with Crippen molar-refractivity contribution >= 4 is 5.78 Å². The second-order valence-electron chi connectivity index (χ2n) is 14.3. The molecule has 1 aliphatic heterocycles. The maximum absolute atomic E-state index is 13.3. The van der Waals surface area contributed by atoms with Crippen molar-refractivity contribution in [3.63, 3.8) is 0 Å². The number of hydrogen-bond donors (Lipinski definition) is 3. The number of hydrogen-bond acceptors (Lipinski definition) is 5. The molecule has 1 saturated heterocycles. The summed E-state index contributed by atoms with van der Waals surface area (Å²) in [6.45, 7) is 16.6. The standard InChI is InChI=1S/C30H50O5/c1-18-19(26(2,3)20-11-15-29(7,33)21(20)17-22(18)31)9-10-23-28(6)14-12-24(32)27(4,5)35-25(28)13-16-30(23,8)34/h20-21,23-25,32-34H,9-17H2,1-8H3. The quantitative estimate of drug-likeness (QED) is 0.497. The summed E-state index contributed by atoms with van der Waals surface area (Å²) >= 11 is 0. The second kappa shape index (κ2) is 8.64. The van der Waals surface area contributed by atoms with Crippen LogP contribution in [0.4, 0.5) is 0 Å². The second-order valence-corrected chi connectivity index (χ2v) is 14.3. The average Bonchev–Trinajstić information content (AvgIpc) is 2.96. The molecule has 5 heteroatoms. The molecule has 200 valence electrons. The first-order chi connectivity index (χ1) is 15.9. The lowest BCUT2D eigenvalue weighted by Crippen LogP contribution is -2.56. The highest BCUT2D eigenvalue weighted by atomic mass is 16.5. The van der Waals surface area contributed by atoms with E-state index in [0.29, 0.717) is 19.3 Å². The monoisotopic (exact) mass is 490 g/mol. The van der Waals surface area contributed by atoms with Crippen LogP contribution in [0.3, 0.4) is 0 Å². The van der Waals surface area contributed by atoms with Gasteiger partial charge in [-0.3, -0.25) is 4.79 Å². The van der Waals surface area contributed by atoms with Gasteiger partial charge in [-0.2, -0.15) is 0 Å². The van der Waals surface area contributed by atoms with Crippen LogP contribution in [0.25, 0.3) is 0 Å². The van der Waals surface area contributed by atoms with Gasteiger partial charge in [0.2, 0.25) is 0 Å². The molecule has 3 aliphatic carbocycles. The average molecular weight is 491 g/mol. The van der Waals surface area contributed by atoms with Gasteiger partial charge >= 0.3 is 0 Å². The van der Waals surface area contributed by atoms with Crippen LogP contribution in [-0.4, -0.2) is 50.1 Å². The number of ether oxygens (including phenoxy) is 1.